The van der Waals surface area contributed by atoms with Gasteiger partial charge in [-0.15, -0.1) is 0 Å². The summed E-state index contributed by atoms with van der Waals surface area (Å²) >= 11 is 0. The molecule has 3 nitrogen and oxygen atoms in total. The monoisotopic (exact) mass is 480 g/mol. The van der Waals surface area contributed by atoms with Gasteiger partial charge in [0.2, 0.25) is 0 Å². The van der Waals surface area contributed by atoms with E-state index in [2.05, 4.69) is 19.6 Å². The van der Waals surface area contributed by atoms with Crippen LogP contribution in [0.3, 0.4) is 0 Å². The van der Waals surface area contributed by atoms with Crippen molar-refractivity contribution in [3.05, 3.63) is 71.1 Å². The molecule has 35 heavy (non-hydrogen) atoms. The summed E-state index contributed by atoms with van der Waals surface area (Å²) in [5, 5.41) is 9.74. The normalized spacial score (nSPS) is 17.8. The lowest BCUT2D eigenvalue weighted by Gasteiger charge is -2.29. The Balaban J connectivity index is 1.64. The average molecular weight is 481 g/mol. The van der Waals surface area contributed by atoms with Gasteiger partial charge in [-0.25, -0.2) is 9.18 Å². The fourth-order valence-electron chi connectivity index (χ4n) is 5.22. The summed E-state index contributed by atoms with van der Waals surface area (Å²) in [5.74, 6) is 0.712. The second-order valence-electron chi connectivity index (χ2n) is 10.1. The molecule has 1 aliphatic carbocycles. The van der Waals surface area contributed by atoms with Gasteiger partial charge in [0.25, 0.3) is 0 Å². The summed E-state index contributed by atoms with van der Waals surface area (Å²) in [5.41, 5.74) is 4.64. The molecule has 1 aliphatic rings. The predicted molar refractivity (Wildman–Crippen MR) is 141 cm³/mol. The summed E-state index contributed by atoms with van der Waals surface area (Å²) in [6.45, 7) is 7.66. The van der Waals surface area contributed by atoms with E-state index in [1.165, 1.54) is 38.5 Å². The highest BCUT2D eigenvalue weighted by atomic mass is 19.1. The van der Waals surface area contributed by atoms with E-state index in [9.17, 15) is 9.90 Å². The minimum atomic E-state index is -0.395. The topological polar surface area (TPSA) is 46.5 Å². The molecule has 4 heteroatoms. The first-order valence-electron chi connectivity index (χ1n) is 13.3. The molecule has 2 aromatic carbocycles. The smallest absolute Gasteiger partial charge is 0.333 e. The van der Waals surface area contributed by atoms with Crippen molar-refractivity contribution in [1.82, 2.24) is 0 Å². The van der Waals surface area contributed by atoms with Gasteiger partial charge in [0.05, 0.1) is 13.2 Å². The Labute approximate surface area is 210 Å². The molecular weight excluding hydrogens is 439 g/mol. The van der Waals surface area contributed by atoms with Gasteiger partial charge in [0.1, 0.15) is 5.82 Å². The maximum Gasteiger partial charge on any atom is 0.333 e. The maximum atomic E-state index is 15.2. The van der Waals surface area contributed by atoms with Gasteiger partial charge in [-0.3, -0.25) is 0 Å². The zero-order chi connectivity index (χ0) is 25.2. The van der Waals surface area contributed by atoms with Crippen molar-refractivity contribution in [2.75, 3.05) is 6.61 Å². The van der Waals surface area contributed by atoms with Crippen molar-refractivity contribution in [1.29, 1.82) is 0 Å². The number of hydrogen-bond donors (Lipinski definition) is 1. The van der Waals surface area contributed by atoms with E-state index in [1.807, 2.05) is 24.3 Å². The molecule has 0 bridgehead atoms. The summed E-state index contributed by atoms with van der Waals surface area (Å²) < 4.78 is 20.4. The van der Waals surface area contributed by atoms with Gasteiger partial charge in [0.15, 0.2) is 0 Å². The van der Waals surface area contributed by atoms with Crippen LogP contribution in [0.15, 0.2) is 48.6 Å². The van der Waals surface area contributed by atoms with Crippen LogP contribution >= 0.6 is 0 Å². The molecular formula is C31H41FO3. The van der Waals surface area contributed by atoms with Crippen molar-refractivity contribution < 1.29 is 19.0 Å². The highest BCUT2D eigenvalue weighted by molar-refractivity contribution is 5.86. The first-order chi connectivity index (χ1) is 16.9. The van der Waals surface area contributed by atoms with E-state index in [4.69, 9.17) is 4.74 Å². The Bertz CT molecular complexity index is 989. The van der Waals surface area contributed by atoms with E-state index in [0.717, 1.165) is 41.0 Å². The molecule has 0 spiro atoms. The number of aliphatic hydroxyl groups is 1. The van der Waals surface area contributed by atoms with Crippen LogP contribution in [0.2, 0.25) is 0 Å². The number of esters is 1. The number of carbonyl (C=O) groups excluding carboxylic acids is 1. The summed E-state index contributed by atoms with van der Waals surface area (Å²) in [6, 6.07) is 11.4. The molecule has 190 valence electrons. The summed E-state index contributed by atoms with van der Waals surface area (Å²) in [7, 11) is 0. The lowest BCUT2D eigenvalue weighted by atomic mass is 9.77. The van der Waals surface area contributed by atoms with Crippen LogP contribution in [0, 0.1) is 11.7 Å². The Morgan fingerprint density at radius 3 is 2.49 bits per heavy atom. The molecule has 0 aromatic heterocycles. The number of carbonyl (C=O) groups is 1. The first kappa shape index (κ1) is 27.1. The standard InChI is InChI=1S/C31H41FO3/c1-4-5-6-8-23-10-12-24(13-11-23)26-16-17-29(30(32)20-26)27-14-15-28(21-33)25(19-27)9-7-18-35-31(34)22(2)3/h14-17,19-20,23-24,33H,2,4-13,18,21H2,1,3H3. The Morgan fingerprint density at radius 2 is 1.83 bits per heavy atom. The molecule has 0 unspecified atom stereocenters. The van der Waals surface area contributed by atoms with Gasteiger partial charge in [0, 0.05) is 11.1 Å². The minimum absolute atomic E-state index is 0.0797. The van der Waals surface area contributed by atoms with E-state index >= 15 is 4.39 Å². The van der Waals surface area contributed by atoms with Crippen LogP contribution in [0.25, 0.3) is 11.1 Å². The fourth-order valence-corrected chi connectivity index (χ4v) is 5.22. The van der Waals surface area contributed by atoms with Gasteiger partial charge in [-0.05, 0) is 85.6 Å². The van der Waals surface area contributed by atoms with Crippen molar-refractivity contribution in [2.24, 2.45) is 5.92 Å². The van der Waals surface area contributed by atoms with Gasteiger partial charge in [-0.1, -0.05) is 69.5 Å². The van der Waals surface area contributed by atoms with Crippen LogP contribution in [0.1, 0.15) is 94.2 Å². The zero-order valence-electron chi connectivity index (χ0n) is 21.5. The van der Waals surface area contributed by atoms with E-state index in [-0.39, 0.29) is 19.0 Å². The molecule has 0 radical (unpaired) electrons. The largest absolute Gasteiger partial charge is 0.462 e. The van der Waals surface area contributed by atoms with Crippen LogP contribution in [0.5, 0.6) is 0 Å². The lowest BCUT2D eigenvalue weighted by molar-refractivity contribution is -0.139. The van der Waals surface area contributed by atoms with Crippen molar-refractivity contribution in [3.63, 3.8) is 0 Å². The van der Waals surface area contributed by atoms with Crippen LogP contribution < -0.4 is 0 Å². The van der Waals surface area contributed by atoms with Crippen LogP contribution in [0.4, 0.5) is 4.39 Å². The van der Waals surface area contributed by atoms with E-state index in [0.29, 0.717) is 29.9 Å². The molecule has 1 saturated carbocycles. The third-order valence-electron chi connectivity index (χ3n) is 7.39. The SMILES string of the molecule is C=C(C)C(=O)OCCCc1cc(-c2ccc(C3CCC(CCCCC)CC3)cc2F)ccc1CO. The number of benzene rings is 2. The molecule has 0 saturated heterocycles. The van der Waals surface area contributed by atoms with E-state index < -0.39 is 5.97 Å². The molecule has 2 aromatic rings. The second-order valence-corrected chi connectivity index (χ2v) is 10.1. The fraction of sp³-hybridized carbons (Fsp3) is 0.516. The highest BCUT2D eigenvalue weighted by Gasteiger charge is 2.23. The van der Waals surface area contributed by atoms with Crippen molar-refractivity contribution >= 4 is 5.97 Å². The number of aliphatic hydroxyl groups excluding tert-OH is 1. The number of unbranched alkanes of at least 4 members (excludes halogenated alkanes) is 2. The number of halogens is 1. The maximum absolute atomic E-state index is 15.2. The molecule has 0 atom stereocenters. The third kappa shape index (κ3) is 7.76. The molecule has 0 aliphatic heterocycles. The molecule has 0 heterocycles. The second kappa shape index (κ2) is 13.6. The molecule has 0 amide bonds. The van der Waals surface area contributed by atoms with Gasteiger partial charge in [-0.2, -0.15) is 0 Å². The van der Waals surface area contributed by atoms with Crippen molar-refractivity contribution in [2.45, 2.75) is 90.6 Å². The first-order valence-corrected chi connectivity index (χ1v) is 13.3. The zero-order valence-corrected chi connectivity index (χ0v) is 21.5. The lowest BCUT2D eigenvalue weighted by Crippen LogP contribution is -2.13. The Morgan fingerprint density at radius 1 is 1.06 bits per heavy atom. The highest BCUT2D eigenvalue weighted by Crippen LogP contribution is 2.39. The molecule has 1 fully saturated rings. The molecule has 1 N–H and O–H groups in total. The number of hydrogen-bond acceptors (Lipinski definition) is 3. The Kier molecular flexibility index (Phi) is 10.5. The average Bonchev–Trinajstić information content (AvgIpc) is 2.87. The number of rotatable bonds is 12. The van der Waals surface area contributed by atoms with Crippen molar-refractivity contribution in [3.8, 4) is 11.1 Å². The van der Waals surface area contributed by atoms with Gasteiger partial charge >= 0.3 is 5.97 Å². The van der Waals surface area contributed by atoms with Crippen LogP contribution in [-0.4, -0.2) is 17.7 Å². The number of aryl methyl sites for hydroxylation is 1. The third-order valence-corrected chi connectivity index (χ3v) is 7.39. The van der Waals surface area contributed by atoms with Gasteiger partial charge < -0.3 is 9.84 Å². The Hall–Kier alpha value is -2.46. The summed E-state index contributed by atoms with van der Waals surface area (Å²) in [6.07, 6.45) is 11.4. The van der Waals surface area contributed by atoms with Crippen LogP contribution in [-0.2, 0) is 22.6 Å². The predicted octanol–water partition coefficient (Wildman–Crippen LogP) is 7.89. The minimum Gasteiger partial charge on any atom is -0.462 e. The quantitative estimate of drug-likeness (QED) is 0.191. The number of ether oxygens (including phenoxy) is 1. The van der Waals surface area contributed by atoms with E-state index in [1.54, 1.807) is 13.0 Å². The summed E-state index contributed by atoms with van der Waals surface area (Å²) in [4.78, 5) is 11.6. The molecule has 3 rings (SSSR count).